The van der Waals surface area contributed by atoms with Crippen LogP contribution >= 0.6 is 0 Å². The molecule has 7 nitrogen and oxygen atoms in total. The molecule has 0 unspecified atom stereocenters. The van der Waals surface area contributed by atoms with Gasteiger partial charge in [-0.1, -0.05) is 12.8 Å². The Morgan fingerprint density at radius 1 is 1.00 bits per heavy atom. The lowest BCUT2D eigenvalue weighted by Gasteiger charge is -2.12. The van der Waals surface area contributed by atoms with Crippen LogP contribution in [-0.4, -0.2) is 37.0 Å². The summed E-state index contributed by atoms with van der Waals surface area (Å²) >= 11 is 0. The standard InChI is InChI=1S/C17H24N4O3/c1-12(22)18-10-11-19-17(24)21-15-8-6-13(7-9-15)16(23)20-14-4-2-3-5-14/h6-9,14H,2-5,10-11H2,1H3,(H,18,22)(H,20,23)(H2,19,21,24). The molecule has 24 heavy (non-hydrogen) atoms. The van der Waals surface area contributed by atoms with Gasteiger partial charge in [0, 0.05) is 37.3 Å². The van der Waals surface area contributed by atoms with Crippen molar-refractivity contribution in [2.24, 2.45) is 0 Å². The van der Waals surface area contributed by atoms with Crippen molar-refractivity contribution in [1.29, 1.82) is 0 Å². The third-order valence-electron chi connectivity index (χ3n) is 3.88. The number of hydrogen-bond donors (Lipinski definition) is 4. The molecule has 1 fully saturated rings. The summed E-state index contributed by atoms with van der Waals surface area (Å²) in [5.74, 6) is -0.211. The second kappa shape index (κ2) is 8.90. The molecule has 1 aliphatic carbocycles. The Morgan fingerprint density at radius 2 is 1.62 bits per heavy atom. The molecule has 0 aromatic heterocycles. The predicted molar refractivity (Wildman–Crippen MR) is 91.9 cm³/mol. The van der Waals surface area contributed by atoms with Gasteiger partial charge in [0.05, 0.1) is 0 Å². The zero-order valence-electron chi connectivity index (χ0n) is 13.9. The van der Waals surface area contributed by atoms with Gasteiger partial charge >= 0.3 is 6.03 Å². The minimum absolute atomic E-state index is 0.0757. The number of nitrogens with one attached hydrogen (secondary N) is 4. The molecule has 130 valence electrons. The zero-order chi connectivity index (χ0) is 17.4. The van der Waals surface area contributed by atoms with Crippen LogP contribution in [0.25, 0.3) is 0 Å². The van der Waals surface area contributed by atoms with E-state index in [2.05, 4.69) is 21.3 Å². The second-order valence-electron chi connectivity index (χ2n) is 5.90. The summed E-state index contributed by atoms with van der Waals surface area (Å²) in [6.07, 6.45) is 4.43. The summed E-state index contributed by atoms with van der Waals surface area (Å²) in [7, 11) is 0. The number of carbonyl (C=O) groups is 3. The van der Waals surface area contributed by atoms with E-state index in [1.807, 2.05) is 0 Å². The van der Waals surface area contributed by atoms with Gasteiger partial charge in [-0.2, -0.15) is 0 Å². The number of carbonyl (C=O) groups excluding carboxylic acids is 3. The molecular formula is C17H24N4O3. The monoisotopic (exact) mass is 332 g/mol. The first-order valence-corrected chi connectivity index (χ1v) is 8.25. The molecule has 2 rings (SSSR count). The molecule has 1 aromatic rings. The Hall–Kier alpha value is -2.57. The van der Waals surface area contributed by atoms with E-state index < -0.39 is 0 Å². The van der Waals surface area contributed by atoms with Gasteiger partial charge in [0.1, 0.15) is 0 Å². The molecule has 4 amide bonds. The fraction of sp³-hybridized carbons (Fsp3) is 0.471. The highest BCUT2D eigenvalue weighted by Crippen LogP contribution is 2.18. The molecule has 0 bridgehead atoms. The fourth-order valence-electron chi connectivity index (χ4n) is 2.63. The van der Waals surface area contributed by atoms with Gasteiger partial charge in [0.2, 0.25) is 5.91 Å². The van der Waals surface area contributed by atoms with Crippen molar-refractivity contribution in [3.63, 3.8) is 0 Å². The second-order valence-corrected chi connectivity index (χ2v) is 5.90. The maximum Gasteiger partial charge on any atom is 0.319 e. The lowest BCUT2D eigenvalue weighted by molar-refractivity contribution is -0.118. The van der Waals surface area contributed by atoms with E-state index in [-0.39, 0.29) is 23.9 Å². The summed E-state index contributed by atoms with van der Waals surface area (Å²) < 4.78 is 0. The highest BCUT2D eigenvalue weighted by atomic mass is 16.2. The fourth-order valence-corrected chi connectivity index (χ4v) is 2.63. The van der Waals surface area contributed by atoms with Crippen LogP contribution in [0.1, 0.15) is 43.0 Å². The van der Waals surface area contributed by atoms with Crippen LogP contribution in [-0.2, 0) is 4.79 Å². The number of hydrogen-bond acceptors (Lipinski definition) is 3. The average molecular weight is 332 g/mol. The van der Waals surface area contributed by atoms with Gasteiger partial charge in [-0.3, -0.25) is 9.59 Å². The first kappa shape index (κ1) is 17.8. The summed E-state index contributed by atoms with van der Waals surface area (Å²) in [6, 6.07) is 6.69. The molecule has 0 spiro atoms. The van der Waals surface area contributed by atoms with E-state index >= 15 is 0 Å². The lowest BCUT2D eigenvalue weighted by Crippen LogP contribution is -2.36. The Morgan fingerprint density at radius 3 is 2.25 bits per heavy atom. The molecule has 0 radical (unpaired) electrons. The van der Waals surface area contributed by atoms with Gasteiger partial charge in [-0.25, -0.2) is 4.79 Å². The van der Waals surface area contributed by atoms with Crippen LogP contribution in [0.15, 0.2) is 24.3 Å². The summed E-state index contributed by atoms with van der Waals surface area (Å²) in [5.41, 5.74) is 1.18. The topological polar surface area (TPSA) is 99.3 Å². The smallest absolute Gasteiger partial charge is 0.319 e. The van der Waals surface area contributed by atoms with E-state index in [0.717, 1.165) is 12.8 Å². The molecule has 7 heteroatoms. The summed E-state index contributed by atoms with van der Waals surface area (Å²) in [4.78, 5) is 34.5. The summed E-state index contributed by atoms with van der Waals surface area (Å²) in [5, 5.41) is 10.9. The molecular weight excluding hydrogens is 308 g/mol. The average Bonchev–Trinajstić information content (AvgIpc) is 3.05. The van der Waals surface area contributed by atoms with Crippen LogP contribution in [0.5, 0.6) is 0 Å². The first-order valence-electron chi connectivity index (χ1n) is 8.25. The van der Waals surface area contributed by atoms with Gasteiger partial charge in [0.25, 0.3) is 5.91 Å². The first-order chi connectivity index (χ1) is 11.5. The van der Waals surface area contributed by atoms with Crippen molar-refractivity contribution in [2.75, 3.05) is 18.4 Å². The van der Waals surface area contributed by atoms with Crippen LogP contribution in [0.4, 0.5) is 10.5 Å². The van der Waals surface area contributed by atoms with Crippen molar-refractivity contribution in [1.82, 2.24) is 16.0 Å². The molecule has 1 saturated carbocycles. The molecule has 0 aliphatic heterocycles. The van der Waals surface area contributed by atoms with Gasteiger partial charge in [0.15, 0.2) is 0 Å². The number of urea groups is 1. The van der Waals surface area contributed by atoms with Crippen molar-refractivity contribution in [2.45, 2.75) is 38.6 Å². The molecule has 0 heterocycles. The van der Waals surface area contributed by atoms with Gasteiger partial charge < -0.3 is 21.3 Å². The lowest BCUT2D eigenvalue weighted by atomic mass is 10.1. The third-order valence-corrected chi connectivity index (χ3v) is 3.88. The SMILES string of the molecule is CC(=O)NCCNC(=O)Nc1ccc(C(=O)NC2CCCC2)cc1. The van der Waals surface area contributed by atoms with Gasteiger partial charge in [-0.05, 0) is 37.1 Å². The number of anilines is 1. The quantitative estimate of drug-likeness (QED) is 0.596. The zero-order valence-corrected chi connectivity index (χ0v) is 13.9. The van der Waals surface area contributed by atoms with Crippen LogP contribution in [0.2, 0.25) is 0 Å². The predicted octanol–water partition coefficient (Wildman–Crippen LogP) is 1.62. The highest BCUT2D eigenvalue weighted by molar-refractivity contribution is 5.95. The Kier molecular flexibility index (Phi) is 6.60. The van der Waals surface area contributed by atoms with Crippen LogP contribution < -0.4 is 21.3 Å². The number of benzene rings is 1. The van der Waals surface area contributed by atoms with Crippen molar-refractivity contribution in [3.8, 4) is 0 Å². The van der Waals surface area contributed by atoms with Crippen LogP contribution in [0, 0.1) is 0 Å². The van der Waals surface area contributed by atoms with Crippen molar-refractivity contribution >= 4 is 23.5 Å². The maximum atomic E-state index is 12.1. The Labute approximate surface area is 141 Å². The molecule has 1 aliphatic rings. The van der Waals surface area contributed by atoms with E-state index in [9.17, 15) is 14.4 Å². The maximum absolute atomic E-state index is 12.1. The van der Waals surface area contributed by atoms with Crippen molar-refractivity contribution < 1.29 is 14.4 Å². The Balaban J connectivity index is 1.75. The minimum atomic E-state index is -0.358. The molecule has 0 saturated heterocycles. The third kappa shape index (κ3) is 5.91. The van der Waals surface area contributed by atoms with E-state index in [1.165, 1.54) is 19.8 Å². The van der Waals surface area contributed by atoms with Gasteiger partial charge in [-0.15, -0.1) is 0 Å². The normalized spacial score (nSPS) is 14.0. The van der Waals surface area contributed by atoms with Crippen molar-refractivity contribution in [3.05, 3.63) is 29.8 Å². The summed E-state index contributed by atoms with van der Waals surface area (Å²) in [6.45, 7) is 2.14. The molecule has 1 aromatic carbocycles. The van der Waals surface area contributed by atoms with E-state index in [1.54, 1.807) is 24.3 Å². The van der Waals surface area contributed by atoms with Crippen LogP contribution in [0.3, 0.4) is 0 Å². The number of amides is 4. The molecule has 0 atom stereocenters. The number of rotatable bonds is 6. The minimum Gasteiger partial charge on any atom is -0.355 e. The Bertz CT molecular complexity index is 580. The van der Waals surface area contributed by atoms with E-state index in [4.69, 9.17) is 0 Å². The van der Waals surface area contributed by atoms with E-state index in [0.29, 0.717) is 24.3 Å². The largest absolute Gasteiger partial charge is 0.355 e. The highest BCUT2D eigenvalue weighted by Gasteiger charge is 2.17. The molecule has 4 N–H and O–H groups in total.